The van der Waals surface area contributed by atoms with Crippen molar-refractivity contribution in [1.29, 1.82) is 0 Å². The van der Waals surface area contributed by atoms with Crippen LogP contribution in [0.3, 0.4) is 0 Å². The molecule has 5 heteroatoms. The SMILES string of the molecule is Cc1ncsc1CNC(CC(C)C)C(=O)O. The number of hydrogen-bond donors (Lipinski definition) is 2. The van der Waals surface area contributed by atoms with Crippen molar-refractivity contribution in [2.75, 3.05) is 0 Å². The molecule has 1 heterocycles. The van der Waals surface area contributed by atoms with Crippen LogP contribution in [0.25, 0.3) is 0 Å². The standard InChI is InChI=1S/C11H18N2O2S/c1-7(2)4-9(11(14)15)12-5-10-8(3)13-6-16-10/h6-7,9,12H,4-5H2,1-3H3,(H,14,15). The minimum absolute atomic E-state index is 0.371. The van der Waals surface area contributed by atoms with Crippen LogP contribution < -0.4 is 5.32 Å². The fourth-order valence-electron chi connectivity index (χ4n) is 1.45. The van der Waals surface area contributed by atoms with Gasteiger partial charge in [0.05, 0.1) is 11.2 Å². The van der Waals surface area contributed by atoms with Crippen molar-refractivity contribution >= 4 is 17.3 Å². The Labute approximate surface area is 99.7 Å². The lowest BCUT2D eigenvalue weighted by atomic mass is 10.0. The Morgan fingerprint density at radius 2 is 2.31 bits per heavy atom. The fourth-order valence-corrected chi connectivity index (χ4v) is 2.18. The molecule has 0 radical (unpaired) electrons. The van der Waals surface area contributed by atoms with Crippen molar-refractivity contribution in [3.05, 3.63) is 16.1 Å². The third-order valence-corrected chi connectivity index (χ3v) is 3.29. The summed E-state index contributed by atoms with van der Waals surface area (Å²) in [6, 6.07) is -0.471. The van der Waals surface area contributed by atoms with Crippen LogP contribution in [-0.2, 0) is 11.3 Å². The van der Waals surface area contributed by atoms with Gasteiger partial charge >= 0.3 is 5.97 Å². The number of aromatic nitrogens is 1. The minimum atomic E-state index is -0.782. The summed E-state index contributed by atoms with van der Waals surface area (Å²) in [5.74, 6) is -0.410. The van der Waals surface area contributed by atoms with E-state index in [1.807, 2.05) is 20.8 Å². The maximum Gasteiger partial charge on any atom is 0.320 e. The predicted molar refractivity (Wildman–Crippen MR) is 64.6 cm³/mol. The first-order chi connectivity index (χ1) is 7.50. The van der Waals surface area contributed by atoms with Gasteiger partial charge in [-0.05, 0) is 19.3 Å². The molecule has 0 spiro atoms. The minimum Gasteiger partial charge on any atom is -0.480 e. The van der Waals surface area contributed by atoms with Crippen molar-refractivity contribution in [2.45, 2.75) is 39.8 Å². The molecule has 0 aliphatic heterocycles. The van der Waals surface area contributed by atoms with Crippen LogP contribution in [0, 0.1) is 12.8 Å². The Morgan fingerprint density at radius 1 is 1.62 bits per heavy atom. The molecule has 16 heavy (non-hydrogen) atoms. The summed E-state index contributed by atoms with van der Waals surface area (Å²) in [5, 5.41) is 12.1. The molecule has 0 aromatic carbocycles. The number of carbonyl (C=O) groups is 1. The third-order valence-electron chi connectivity index (χ3n) is 2.36. The van der Waals surface area contributed by atoms with Gasteiger partial charge in [0.25, 0.3) is 0 Å². The van der Waals surface area contributed by atoms with E-state index in [4.69, 9.17) is 5.11 Å². The number of aliphatic carboxylic acids is 1. The van der Waals surface area contributed by atoms with Crippen molar-refractivity contribution in [3.63, 3.8) is 0 Å². The number of thiazole rings is 1. The maximum absolute atomic E-state index is 11.0. The zero-order valence-electron chi connectivity index (χ0n) is 9.86. The quantitative estimate of drug-likeness (QED) is 0.801. The maximum atomic E-state index is 11.0. The largest absolute Gasteiger partial charge is 0.480 e. The highest BCUT2D eigenvalue weighted by Crippen LogP contribution is 2.13. The molecule has 0 fully saturated rings. The summed E-state index contributed by atoms with van der Waals surface area (Å²) in [5.41, 5.74) is 2.76. The van der Waals surface area contributed by atoms with E-state index in [2.05, 4.69) is 10.3 Å². The molecular formula is C11H18N2O2S. The number of carboxylic acid groups (broad SMARTS) is 1. The molecule has 2 N–H and O–H groups in total. The molecule has 1 aromatic rings. The van der Waals surface area contributed by atoms with Crippen LogP contribution in [-0.4, -0.2) is 22.1 Å². The Balaban J connectivity index is 2.50. The van der Waals surface area contributed by atoms with E-state index >= 15 is 0 Å². The average Bonchev–Trinajstić information content (AvgIpc) is 2.57. The second-order valence-electron chi connectivity index (χ2n) is 4.26. The summed E-state index contributed by atoms with van der Waals surface area (Å²) in [7, 11) is 0. The molecule has 0 saturated carbocycles. The number of nitrogens with one attached hydrogen (secondary N) is 1. The number of aryl methyl sites for hydroxylation is 1. The Kier molecular flexibility index (Phi) is 4.89. The zero-order valence-corrected chi connectivity index (χ0v) is 10.7. The summed E-state index contributed by atoms with van der Waals surface area (Å²) in [4.78, 5) is 16.2. The normalized spacial score (nSPS) is 13.0. The van der Waals surface area contributed by atoms with Crippen LogP contribution in [0.1, 0.15) is 30.8 Å². The van der Waals surface area contributed by atoms with Gasteiger partial charge in [0, 0.05) is 11.4 Å². The molecule has 1 atom stereocenters. The number of hydrogen-bond acceptors (Lipinski definition) is 4. The lowest BCUT2D eigenvalue weighted by Crippen LogP contribution is -2.37. The van der Waals surface area contributed by atoms with Crippen LogP contribution >= 0.6 is 11.3 Å². The van der Waals surface area contributed by atoms with Gasteiger partial charge in [0.2, 0.25) is 0 Å². The van der Waals surface area contributed by atoms with Gasteiger partial charge in [-0.2, -0.15) is 0 Å². The molecular weight excluding hydrogens is 224 g/mol. The van der Waals surface area contributed by atoms with Gasteiger partial charge in [-0.25, -0.2) is 4.98 Å². The molecule has 0 saturated heterocycles. The Hall–Kier alpha value is -0.940. The summed E-state index contributed by atoms with van der Waals surface area (Å²) >= 11 is 1.56. The summed E-state index contributed by atoms with van der Waals surface area (Å²) in [6.45, 7) is 6.57. The topological polar surface area (TPSA) is 62.2 Å². The third kappa shape index (κ3) is 3.90. The number of carboxylic acids is 1. The van der Waals surface area contributed by atoms with Gasteiger partial charge in [0.15, 0.2) is 0 Å². The molecule has 90 valence electrons. The summed E-state index contributed by atoms with van der Waals surface area (Å²) < 4.78 is 0. The highest BCUT2D eigenvalue weighted by atomic mass is 32.1. The molecule has 1 rings (SSSR count). The van der Waals surface area contributed by atoms with Crippen molar-refractivity contribution in [1.82, 2.24) is 10.3 Å². The Morgan fingerprint density at radius 3 is 2.75 bits per heavy atom. The van der Waals surface area contributed by atoms with E-state index < -0.39 is 12.0 Å². The zero-order chi connectivity index (χ0) is 12.1. The van der Waals surface area contributed by atoms with Gasteiger partial charge in [-0.3, -0.25) is 10.1 Å². The van der Waals surface area contributed by atoms with E-state index in [1.54, 1.807) is 16.8 Å². The lowest BCUT2D eigenvalue weighted by Gasteiger charge is -2.15. The number of rotatable bonds is 6. The average molecular weight is 242 g/mol. The van der Waals surface area contributed by atoms with Crippen molar-refractivity contribution < 1.29 is 9.90 Å². The second-order valence-corrected chi connectivity index (χ2v) is 5.20. The van der Waals surface area contributed by atoms with Gasteiger partial charge in [-0.15, -0.1) is 11.3 Å². The number of nitrogens with zero attached hydrogens (tertiary/aromatic N) is 1. The van der Waals surface area contributed by atoms with Crippen LogP contribution in [0.15, 0.2) is 5.51 Å². The molecule has 4 nitrogen and oxygen atoms in total. The fraction of sp³-hybridized carbons (Fsp3) is 0.636. The van der Waals surface area contributed by atoms with Crippen molar-refractivity contribution in [2.24, 2.45) is 5.92 Å². The van der Waals surface area contributed by atoms with E-state index in [1.165, 1.54) is 0 Å². The first-order valence-electron chi connectivity index (χ1n) is 5.36. The van der Waals surface area contributed by atoms with E-state index in [-0.39, 0.29) is 0 Å². The van der Waals surface area contributed by atoms with Gasteiger partial charge < -0.3 is 5.11 Å². The summed E-state index contributed by atoms with van der Waals surface area (Å²) in [6.07, 6.45) is 0.646. The first-order valence-corrected chi connectivity index (χ1v) is 6.23. The van der Waals surface area contributed by atoms with Gasteiger partial charge in [0.1, 0.15) is 6.04 Å². The molecule has 0 amide bonds. The molecule has 0 aliphatic rings. The highest BCUT2D eigenvalue weighted by Gasteiger charge is 2.18. The second kappa shape index (κ2) is 5.96. The first kappa shape index (κ1) is 13.1. The highest BCUT2D eigenvalue weighted by molar-refractivity contribution is 7.09. The Bertz CT molecular complexity index is 350. The monoisotopic (exact) mass is 242 g/mol. The van der Waals surface area contributed by atoms with Crippen LogP contribution in [0.4, 0.5) is 0 Å². The van der Waals surface area contributed by atoms with Crippen LogP contribution in [0.5, 0.6) is 0 Å². The molecule has 0 bridgehead atoms. The molecule has 1 unspecified atom stereocenters. The smallest absolute Gasteiger partial charge is 0.320 e. The van der Waals surface area contributed by atoms with Gasteiger partial charge in [-0.1, -0.05) is 13.8 Å². The van der Waals surface area contributed by atoms with E-state index in [9.17, 15) is 4.79 Å². The predicted octanol–water partition coefficient (Wildman–Crippen LogP) is 2.04. The lowest BCUT2D eigenvalue weighted by molar-refractivity contribution is -0.140. The van der Waals surface area contributed by atoms with Crippen LogP contribution in [0.2, 0.25) is 0 Å². The molecule has 1 aromatic heterocycles. The molecule has 0 aliphatic carbocycles. The van der Waals surface area contributed by atoms with E-state index in [0.717, 1.165) is 10.6 Å². The van der Waals surface area contributed by atoms with Crippen molar-refractivity contribution in [3.8, 4) is 0 Å². The van der Waals surface area contributed by atoms with E-state index in [0.29, 0.717) is 18.9 Å².